The Morgan fingerprint density at radius 3 is 2.33 bits per heavy atom. The maximum atomic E-state index is 12.1. The Hall–Kier alpha value is -0.550. The van der Waals surface area contributed by atoms with Crippen molar-refractivity contribution in [2.75, 3.05) is 18.2 Å². The summed E-state index contributed by atoms with van der Waals surface area (Å²) in [7, 11) is -1.61. The predicted octanol–water partition coefficient (Wildman–Crippen LogP) is 3.28. The third-order valence-electron chi connectivity index (χ3n) is 2.90. The monoisotopic (exact) mass is 334 g/mol. The van der Waals surface area contributed by atoms with Crippen LogP contribution in [-0.2, 0) is 9.84 Å². The molecule has 0 saturated heterocycles. The molecule has 0 aliphatic carbocycles. The molecule has 0 saturated carbocycles. The van der Waals surface area contributed by atoms with Crippen molar-refractivity contribution in [3.8, 4) is 5.75 Å². The molecule has 0 fully saturated rings. The molecule has 1 rings (SSSR count). The number of hydrogen-bond donors (Lipinski definition) is 0. The molecular weight excluding hydrogens is 316 g/mol. The number of hydrogen-bond acceptors (Lipinski definition) is 3. The maximum absolute atomic E-state index is 12.1. The van der Waals surface area contributed by atoms with Crippen LogP contribution in [0.1, 0.15) is 19.8 Å². The number of sulfone groups is 1. The zero-order chi connectivity index (χ0) is 13.6. The second-order valence-corrected chi connectivity index (χ2v) is 7.27. The van der Waals surface area contributed by atoms with E-state index in [2.05, 4.69) is 22.9 Å². The Bertz CT molecular complexity index is 454. The fraction of sp³-hybridized carbons (Fsp3) is 0.538. The normalized spacial score (nSPS) is 13.3. The second-order valence-electron chi connectivity index (χ2n) is 4.37. The number of methoxy groups -OCH3 is 1. The van der Waals surface area contributed by atoms with Gasteiger partial charge >= 0.3 is 0 Å². The lowest BCUT2D eigenvalue weighted by Crippen LogP contribution is -2.10. The van der Waals surface area contributed by atoms with Crippen molar-refractivity contribution >= 4 is 25.8 Å². The number of rotatable bonds is 7. The number of benzene rings is 1. The van der Waals surface area contributed by atoms with Crippen molar-refractivity contribution in [3.63, 3.8) is 0 Å². The molecule has 1 aromatic carbocycles. The number of halogens is 1. The maximum Gasteiger partial charge on any atom is 0.178 e. The Kier molecular flexibility index (Phi) is 6.15. The molecule has 102 valence electrons. The van der Waals surface area contributed by atoms with Gasteiger partial charge in [-0.1, -0.05) is 22.9 Å². The molecule has 0 aliphatic heterocycles. The first-order chi connectivity index (χ1) is 8.49. The third-order valence-corrected chi connectivity index (χ3v) is 5.12. The van der Waals surface area contributed by atoms with Gasteiger partial charge in [0.1, 0.15) is 5.75 Å². The fourth-order valence-corrected chi connectivity index (χ4v) is 3.87. The molecule has 18 heavy (non-hydrogen) atoms. The minimum atomic E-state index is -3.17. The lowest BCUT2D eigenvalue weighted by atomic mass is 10.1. The Morgan fingerprint density at radius 1 is 1.22 bits per heavy atom. The lowest BCUT2D eigenvalue weighted by Gasteiger charge is -2.10. The fourth-order valence-electron chi connectivity index (χ4n) is 1.59. The smallest absolute Gasteiger partial charge is 0.178 e. The summed E-state index contributed by atoms with van der Waals surface area (Å²) in [5, 5.41) is 0.913. The minimum absolute atomic E-state index is 0.202. The first-order valence-corrected chi connectivity index (χ1v) is 8.69. The van der Waals surface area contributed by atoms with Crippen LogP contribution in [0.3, 0.4) is 0 Å². The van der Waals surface area contributed by atoms with Gasteiger partial charge in [0.2, 0.25) is 0 Å². The molecule has 0 spiro atoms. The second kappa shape index (κ2) is 7.14. The molecule has 0 amide bonds. The van der Waals surface area contributed by atoms with E-state index in [4.69, 9.17) is 4.74 Å². The average Bonchev–Trinajstić information content (AvgIpc) is 2.37. The molecule has 0 aromatic heterocycles. The summed E-state index contributed by atoms with van der Waals surface area (Å²) in [5.41, 5.74) is 0. The highest BCUT2D eigenvalue weighted by Gasteiger charge is 2.15. The van der Waals surface area contributed by atoms with Crippen LogP contribution < -0.4 is 4.74 Å². The van der Waals surface area contributed by atoms with Gasteiger partial charge in [-0.05, 0) is 43.0 Å². The summed E-state index contributed by atoms with van der Waals surface area (Å²) in [6.45, 7) is 2.07. The standard InChI is InChI=1S/C13H19BrO3S/c1-11(7-9-14)8-10-18(15,16)13-5-3-12(17-2)4-6-13/h3-6,11H,7-10H2,1-2H3. The highest BCUT2D eigenvalue weighted by Crippen LogP contribution is 2.19. The van der Waals surface area contributed by atoms with E-state index in [9.17, 15) is 8.42 Å². The molecule has 0 aliphatic rings. The molecular formula is C13H19BrO3S. The van der Waals surface area contributed by atoms with E-state index in [1.54, 1.807) is 31.4 Å². The summed E-state index contributed by atoms with van der Waals surface area (Å²) in [4.78, 5) is 0.370. The van der Waals surface area contributed by atoms with Crippen LogP contribution in [0.4, 0.5) is 0 Å². The third kappa shape index (κ3) is 4.61. The Morgan fingerprint density at radius 2 is 1.83 bits per heavy atom. The van der Waals surface area contributed by atoms with Crippen LogP contribution >= 0.6 is 15.9 Å². The van der Waals surface area contributed by atoms with Gasteiger partial charge in [0.25, 0.3) is 0 Å². The van der Waals surface area contributed by atoms with Crippen LogP contribution in [-0.4, -0.2) is 26.6 Å². The van der Waals surface area contributed by atoms with Gasteiger partial charge in [0.05, 0.1) is 17.8 Å². The molecule has 1 aromatic rings. The highest BCUT2D eigenvalue weighted by atomic mass is 79.9. The molecule has 1 unspecified atom stereocenters. The molecule has 1 atom stereocenters. The Balaban J connectivity index is 2.67. The first-order valence-electron chi connectivity index (χ1n) is 5.92. The van der Waals surface area contributed by atoms with E-state index in [0.717, 1.165) is 11.8 Å². The number of alkyl halides is 1. The lowest BCUT2D eigenvalue weighted by molar-refractivity contribution is 0.414. The largest absolute Gasteiger partial charge is 0.497 e. The van der Waals surface area contributed by atoms with Gasteiger partial charge in [-0.15, -0.1) is 0 Å². The van der Waals surface area contributed by atoms with Gasteiger partial charge in [0, 0.05) is 5.33 Å². The van der Waals surface area contributed by atoms with Crippen LogP contribution in [0.5, 0.6) is 5.75 Å². The van der Waals surface area contributed by atoms with Crippen molar-refractivity contribution in [1.29, 1.82) is 0 Å². The van der Waals surface area contributed by atoms with E-state index in [-0.39, 0.29) is 5.75 Å². The molecule has 3 nitrogen and oxygen atoms in total. The van der Waals surface area contributed by atoms with E-state index >= 15 is 0 Å². The molecule has 0 radical (unpaired) electrons. The molecule has 0 bridgehead atoms. The van der Waals surface area contributed by atoms with E-state index in [1.165, 1.54) is 0 Å². The zero-order valence-electron chi connectivity index (χ0n) is 10.7. The molecule has 5 heteroatoms. The summed E-state index contributed by atoms with van der Waals surface area (Å²) in [5.74, 6) is 1.28. The zero-order valence-corrected chi connectivity index (χ0v) is 13.1. The highest BCUT2D eigenvalue weighted by molar-refractivity contribution is 9.09. The van der Waals surface area contributed by atoms with Crippen molar-refractivity contribution in [2.45, 2.75) is 24.7 Å². The minimum Gasteiger partial charge on any atom is -0.497 e. The van der Waals surface area contributed by atoms with Crippen molar-refractivity contribution in [2.24, 2.45) is 5.92 Å². The van der Waals surface area contributed by atoms with Crippen LogP contribution in [0, 0.1) is 5.92 Å². The van der Waals surface area contributed by atoms with E-state index in [0.29, 0.717) is 23.0 Å². The van der Waals surface area contributed by atoms with Crippen molar-refractivity contribution in [3.05, 3.63) is 24.3 Å². The van der Waals surface area contributed by atoms with E-state index in [1.807, 2.05) is 0 Å². The van der Waals surface area contributed by atoms with Gasteiger partial charge in [0.15, 0.2) is 9.84 Å². The Labute approximate surface area is 118 Å². The van der Waals surface area contributed by atoms with Crippen molar-refractivity contribution in [1.82, 2.24) is 0 Å². The van der Waals surface area contributed by atoms with Crippen LogP contribution in [0.25, 0.3) is 0 Å². The first kappa shape index (κ1) is 15.5. The summed E-state index contributed by atoms with van der Waals surface area (Å²) >= 11 is 3.37. The van der Waals surface area contributed by atoms with Crippen LogP contribution in [0.15, 0.2) is 29.2 Å². The van der Waals surface area contributed by atoms with Crippen LogP contribution in [0.2, 0.25) is 0 Å². The van der Waals surface area contributed by atoms with Gasteiger partial charge in [-0.2, -0.15) is 0 Å². The predicted molar refractivity (Wildman–Crippen MR) is 77.2 cm³/mol. The van der Waals surface area contributed by atoms with Gasteiger partial charge in [-0.3, -0.25) is 0 Å². The van der Waals surface area contributed by atoms with Gasteiger partial charge in [-0.25, -0.2) is 8.42 Å². The molecule has 0 N–H and O–H groups in total. The number of ether oxygens (including phenoxy) is 1. The summed E-state index contributed by atoms with van der Waals surface area (Å²) in [6.07, 6.45) is 1.69. The summed E-state index contributed by atoms with van der Waals surface area (Å²) in [6, 6.07) is 6.55. The molecule has 0 heterocycles. The average molecular weight is 335 g/mol. The van der Waals surface area contributed by atoms with Crippen molar-refractivity contribution < 1.29 is 13.2 Å². The summed E-state index contributed by atoms with van der Waals surface area (Å²) < 4.78 is 29.2. The quantitative estimate of drug-likeness (QED) is 0.718. The SMILES string of the molecule is COc1ccc(S(=O)(=O)CCC(C)CCBr)cc1. The topological polar surface area (TPSA) is 43.4 Å². The van der Waals surface area contributed by atoms with Gasteiger partial charge < -0.3 is 4.74 Å². The van der Waals surface area contributed by atoms with E-state index < -0.39 is 9.84 Å².